The van der Waals surface area contributed by atoms with E-state index in [2.05, 4.69) is 11.9 Å². The van der Waals surface area contributed by atoms with Crippen LogP contribution in [-0.4, -0.2) is 18.2 Å². The molecule has 82 valence electrons. The summed E-state index contributed by atoms with van der Waals surface area (Å²) in [5, 5.41) is 2.52. The monoisotopic (exact) mass is 207 g/mol. The largest absolute Gasteiger partial charge is 0.345 e. The van der Waals surface area contributed by atoms with Gasteiger partial charge >= 0.3 is 0 Å². The zero-order valence-corrected chi connectivity index (χ0v) is 9.25. The minimum absolute atomic E-state index is 0.0628. The third-order valence-electron chi connectivity index (χ3n) is 1.59. The van der Waals surface area contributed by atoms with Crippen molar-refractivity contribution in [1.29, 1.82) is 0 Å². The van der Waals surface area contributed by atoms with Crippen molar-refractivity contribution < 1.29 is 9.59 Å². The molecule has 0 fully saturated rings. The molecule has 0 aromatic carbocycles. The van der Waals surface area contributed by atoms with E-state index in [0.29, 0.717) is 5.57 Å². The first-order chi connectivity index (χ1) is 7.11. The van der Waals surface area contributed by atoms with Gasteiger partial charge < -0.3 is 5.32 Å². The van der Waals surface area contributed by atoms with E-state index in [0.717, 1.165) is 6.42 Å². The summed E-state index contributed by atoms with van der Waals surface area (Å²) in [7, 11) is 0. The van der Waals surface area contributed by atoms with Crippen molar-refractivity contribution in [1.82, 2.24) is 5.32 Å². The van der Waals surface area contributed by atoms with Crippen LogP contribution in [0.1, 0.15) is 20.3 Å². The number of amides is 1. The lowest BCUT2D eigenvalue weighted by Crippen LogP contribution is -2.29. The van der Waals surface area contributed by atoms with Gasteiger partial charge in [-0.1, -0.05) is 37.8 Å². The number of carbonyl (C=O) groups excluding carboxylic acids is 2. The minimum Gasteiger partial charge on any atom is -0.345 e. The lowest BCUT2D eigenvalue weighted by Gasteiger charge is -2.02. The number of nitrogens with one attached hydrogen (secondary N) is 1. The smallest absolute Gasteiger partial charge is 0.251 e. The first kappa shape index (κ1) is 13.4. The summed E-state index contributed by atoms with van der Waals surface area (Å²) in [4.78, 5) is 22.2. The molecule has 0 heterocycles. The van der Waals surface area contributed by atoms with E-state index in [-0.39, 0.29) is 18.2 Å². The van der Waals surface area contributed by atoms with Gasteiger partial charge in [0.25, 0.3) is 5.91 Å². The van der Waals surface area contributed by atoms with Gasteiger partial charge in [-0.3, -0.25) is 9.59 Å². The molecule has 0 aromatic heterocycles. The molecule has 0 bridgehead atoms. The number of rotatable bonds is 6. The zero-order valence-electron chi connectivity index (χ0n) is 9.25. The molecule has 0 saturated carbocycles. The molecular weight excluding hydrogens is 190 g/mol. The predicted molar refractivity (Wildman–Crippen MR) is 61.4 cm³/mol. The Hall–Kier alpha value is -1.64. The van der Waals surface area contributed by atoms with Crippen LogP contribution in [0, 0.1) is 0 Å². The van der Waals surface area contributed by atoms with Gasteiger partial charge in [-0.05, 0) is 13.3 Å². The van der Waals surface area contributed by atoms with E-state index >= 15 is 0 Å². The standard InChI is InChI=1S/C12H17NO2/c1-4-6-8-11(7-5-2)12(15)13-9-10(3)14/h5-8H,2,4,9H2,1,3H3,(H,13,15)/b8-6-,11-7+. The average molecular weight is 207 g/mol. The van der Waals surface area contributed by atoms with Crippen LogP contribution in [0.2, 0.25) is 0 Å². The van der Waals surface area contributed by atoms with Crippen molar-refractivity contribution in [2.24, 2.45) is 0 Å². The van der Waals surface area contributed by atoms with Crippen LogP contribution >= 0.6 is 0 Å². The summed E-state index contributed by atoms with van der Waals surface area (Å²) < 4.78 is 0. The Morgan fingerprint density at radius 2 is 2.07 bits per heavy atom. The van der Waals surface area contributed by atoms with Crippen LogP contribution in [0.3, 0.4) is 0 Å². The van der Waals surface area contributed by atoms with E-state index in [1.54, 1.807) is 18.2 Å². The topological polar surface area (TPSA) is 46.2 Å². The maximum atomic E-state index is 11.5. The molecule has 0 unspecified atom stereocenters. The molecule has 3 nitrogen and oxygen atoms in total. The number of allylic oxidation sites excluding steroid dienone is 3. The van der Waals surface area contributed by atoms with E-state index in [4.69, 9.17) is 0 Å². The summed E-state index contributed by atoms with van der Waals surface area (Å²) in [5.41, 5.74) is 0.508. The first-order valence-electron chi connectivity index (χ1n) is 4.88. The number of hydrogen-bond donors (Lipinski definition) is 1. The molecule has 0 radical (unpaired) electrons. The fourth-order valence-corrected chi connectivity index (χ4v) is 0.886. The number of Topliss-reactive ketones (excluding diaryl/α,β-unsaturated/α-hetero) is 1. The van der Waals surface area contributed by atoms with Gasteiger partial charge in [-0.2, -0.15) is 0 Å². The molecule has 1 N–H and O–H groups in total. The van der Waals surface area contributed by atoms with Crippen molar-refractivity contribution in [2.45, 2.75) is 20.3 Å². The highest BCUT2D eigenvalue weighted by molar-refractivity contribution is 5.98. The fraction of sp³-hybridized carbons (Fsp3) is 0.333. The van der Waals surface area contributed by atoms with Crippen LogP contribution in [0.25, 0.3) is 0 Å². The van der Waals surface area contributed by atoms with E-state index < -0.39 is 0 Å². The maximum Gasteiger partial charge on any atom is 0.251 e. The highest BCUT2D eigenvalue weighted by Gasteiger charge is 2.05. The SMILES string of the molecule is C=C/C=C(\C=C/CC)C(=O)NCC(C)=O. The van der Waals surface area contributed by atoms with E-state index in [1.165, 1.54) is 6.92 Å². The highest BCUT2D eigenvalue weighted by atomic mass is 16.2. The molecule has 0 aliphatic carbocycles. The van der Waals surface area contributed by atoms with Gasteiger partial charge in [0.15, 0.2) is 0 Å². The Morgan fingerprint density at radius 1 is 1.40 bits per heavy atom. The number of hydrogen-bond acceptors (Lipinski definition) is 2. The Balaban J connectivity index is 4.43. The molecule has 3 heteroatoms. The second-order valence-electron chi connectivity index (χ2n) is 3.05. The maximum absolute atomic E-state index is 11.5. The van der Waals surface area contributed by atoms with Crippen LogP contribution in [0.5, 0.6) is 0 Å². The van der Waals surface area contributed by atoms with Gasteiger partial charge in [0, 0.05) is 5.57 Å². The van der Waals surface area contributed by atoms with Crippen LogP contribution in [0.15, 0.2) is 36.5 Å². The lowest BCUT2D eigenvalue weighted by atomic mass is 10.2. The average Bonchev–Trinajstić information content (AvgIpc) is 2.20. The molecule has 0 spiro atoms. The highest BCUT2D eigenvalue weighted by Crippen LogP contribution is 1.98. The van der Waals surface area contributed by atoms with Crippen LogP contribution in [-0.2, 0) is 9.59 Å². The third kappa shape index (κ3) is 6.43. The zero-order chi connectivity index (χ0) is 11.7. The molecule has 0 aliphatic heterocycles. The Bertz CT molecular complexity index is 301. The van der Waals surface area contributed by atoms with E-state index in [9.17, 15) is 9.59 Å². The molecule has 0 saturated heterocycles. The fourth-order valence-electron chi connectivity index (χ4n) is 0.886. The molecule has 1 amide bonds. The summed E-state index contributed by atoms with van der Waals surface area (Å²) in [6.07, 6.45) is 7.61. The molecule has 0 atom stereocenters. The van der Waals surface area contributed by atoms with Gasteiger partial charge in [-0.15, -0.1) is 0 Å². The Kier molecular flexibility index (Phi) is 6.89. The molecule has 15 heavy (non-hydrogen) atoms. The van der Waals surface area contributed by atoms with Gasteiger partial charge in [0.1, 0.15) is 5.78 Å². The second kappa shape index (κ2) is 7.74. The lowest BCUT2D eigenvalue weighted by molar-refractivity contribution is -0.121. The molecule has 0 aromatic rings. The van der Waals surface area contributed by atoms with E-state index in [1.807, 2.05) is 13.0 Å². The Morgan fingerprint density at radius 3 is 2.53 bits per heavy atom. The van der Waals surface area contributed by atoms with Gasteiger partial charge in [0.05, 0.1) is 6.54 Å². The van der Waals surface area contributed by atoms with Crippen molar-refractivity contribution in [2.75, 3.05) is 6.54 Å². The van der Waals surface area contributed by atoms with Crippen molar-refractivity contribution in [3.8, 4) is 0 Å². The quantitative estimate of drug-likeness (QED) is 0.533. The summed E-state index contributed by atoms with van der Waals surface area (Å²) in [6.45, 7) is 7.00. The van der Waals surface area contributed by atoms with Crippen molar-refractivity contribution in [3.63, 3.8) is 0 Å². The summed E-state index contributed by atoms with van der Waals surface area (Å²) in [5.74, 6) is -0.324. The molecule has 0 aliphatic rings. The molecule has 0 rings (SSSR count). The second-order valence-corrected chi connectivity index (χ2v) is 3.05. The summed E-state index contributed by atoms with van der Waals surface area (Å²) in [6, 6.07) is 0. The first-order valence-corrected chi connectivity index (χ1v) is 4.88. The van der Waals surface area contributed by atoms with Crippen molar-refractivity contribution in [3.05, 3.63) is 36.5 Å². The molecular formula is C12H17NO2. The van der Waals surface area contributed by atoms with Gasteiger partial charge in [-0.25, -0.2) is 0 Å². The van der Waals surface area contributed by atoms with Crippen LogP contribution in [0.4, 0.5) is 0 Å². The Labute approximate surface area is 90.6 Å². The van der Waals surface area contributed by atoms with Crippen LogP contribution < -0.4 is 5.32 Å². The summed E-state index contributed by atoms with van der Waals surface area (Å²) >= 11 is 0. The third-order valence-corrected chi connectivity index (χ3v) is 1.59. The van der Waals surface area contributed by atoms with Gasteiger partial charge in [0.2, 0.25) is 0 Å². The normalized spacial score (nSPS) is 11.5. The number of carbonyl (C=O) groups is 2. The number of ketones is 1. The van der Waals surface area contributed by atoms with Crippen molar-refractivity contribution >= 4 is 11.7 Å². The minimum atomic E-state index is -0.255. The predicted octanol–water partition coefficient (Wildman–Crippen LogP) is 1.77.